The molecule has 2 aliphatic carbocycles. The predicted molar refractivity (Wildman–Crippen MR) is 84.1 cm³/mol. The molecule has 0 aromatic heterocycles. The molecule has 0 aromatic carbocycles. The molecule has 0 aromatic rings. The lowest BCUT2D eigenvalue weighted by molar-refractivity contribution is 0.152. The third-order valence-corrected chi connectivity index (χ3v) is 5.85. The van der Waals surface area contributed by atoms with Crippen molar-refractivity contribution in [3.05, 3.63) is 0 Å². The third-order valence-electron chi connectivity index (χ3n) is 4.75. The van der Waals surface area contributed by atoms with Gasteiger partial charge in [-0.25, -0.2) is 4.79 Å². The lowest BCUT2D eigenvalue weighted by atomic mass is 9.85. The van der Waals surface area contributed by atoms with E-state index in [2.05, 4.69) is 16.9 Å². The number of rotatable bonds is 4. The molecule has 0 radical (unpaired) electrons. The van der Waals surface area contributed by atoms with Crippen LogP contribution in [0.2, 0.25) is 0 Å². The Balaban J connectivity index is 1.76. The molecule has 4 unspecified atom stereocenters. The van der Waals surface area contributed by atoms with Crippen LogP contribution in [-0.4, -0.2) is 41.3 Å². The molecule has 2 aliphatic rings. The van der Waals surface area contributed by atoms with E-state index in [1.54, 1.807) is 0 Å². The highest BCUT2D eigenvalue weighted by Crippen LogP contribution is 2.27. The first-order valence-corrected chi connectivity index (χ1v) is 9.22. The van der Waals surface area contributed by atoms with Gasteiger partial charge in [-0.15, -0.1) is 0 Å². The highest BCUT2D eigenvalue weighted by molar-refractivity contribution is 7.99. The Morgan fingerprint density at radius 2 is 1.95 bits per heavy atom. The first-order chi connectivity index (χ1) is 9.72. The van der Waals surface area contributed by atoms with Gasteiger partial charge in [0.2, 0.25) is 0 Å². The molecule has 2 saturated carbocycles. The zero-order valence-electron chi connectivity index (χ0n) is 12.4. The second-order valence-electron chi connectivity index (χ2n) is 6.17. The molecule has 0 heterocycles. The normalized spacial score (nSPS) is 34.5. The van der Waals surface area contributed by atoms with E-state index in [-0.39, 0.29) is 24.6 Å². The Morgan fingerprint density at radius 3 is 2.70 bits per heavy atom. The summed E-state index contributed by atoms with van der Waals surface area (Å²) in [7, 11) is 0. The summed E-state index contributed by atoms with van der Waals surface area (Å²) in [4.78, 5) is 12.1. The second kappa shape index (κ2) is 8.13. The maximum atomic E-state index is 12.1. The molecule has 5 heteroatoms. The van der Waals surface area contributed by atoms with Gasteiger partial charge in [-0.05, 0) is 38.4 Å². The van der Waals surface area contributed by atoms with Crippen LogP contribution in [0.4, 0.5) is 4.79 Å². The summed E-state index contributed by atoms with van der Waals surface area (Å²) in [6, 6.07) is 0.424. The van der Waals surface area contributed by atoms with Gasteiger partial charge < -0.3 is 15.7 Å². The highest BCUT2D eigenvalue weighted by Gasteiger charge is 2.27. The van der Waals surface area contributed by atoms with Gasteiger partial charge in [-0.2, -0.15) is 11.8 Å². The number of amides is 2. The van der Waals surface area contributed by atoms with E-state index in [4.69, 9.17) is 0 Å². The van der Waals surface area contributed by atoms with E-state index >= 15 is 0 Å². The van der Waals surface area contributed by atoms with E-state index < -0.39 is 0 Å². The van der Waals surface area contributed by atoms with Crippen LogP contribution in [0.25, 0.3) is 0 Å². The van der Waals surface area contributed by atoms with Crippen molar-refractivity contribution in [1.82, 2.24) is 10.6 Å². The summed E-state index contributed by atoms with van der Waals surface area (Å²) in [5.74, 6) is 0.236. The zero-order valence-corrected chi connectivity index (χ0v) is 13.3. The molecular formula is C15H28N2O2S. The average Bonchev–Trinajstić information content (AvgIpc) is 2.48. The Kier molecular flexibility index (Phi) is 6.49. The summed E-state index contributed by atoms with van der Waals surface area (Å²) in [6.45, 7) is 0.183. The van der Waals surface area contributed by atoms with E-state index in [0.717, 1.165) is 32.1 Å². The number of aliphatic hydroxyl groups excluding tert-OH is 1. The van der Waals surface area contributed by atoms with Crippen molar-refractivity contribution in [3.63, 3.8) is 0 Å². The molecule has 4 nitrogen and oxygen atoms in total. The summed E-state index contributed by atoms with van der Waals surface area (Å²) in [5.41, 5.74) is 0. The van der Waals surface area contributed by atoms with Crippen LogP contribution < -0.4 is 10.6 Å². The SMILES string of the molecule is CSC1CCCC(NC(=O)NC2CCCCC2CO)C1. The molecule has 2 amide bonds. The molecule has 2 fully saturated rings. The quantitative estimate of drug-likeness (QED) is 0.747. The van der Waals surface area contributed by atoms with Crippen LogP contribution in [0.3, 0.4) is 0 Å². The third kappa shape index (κ3) is 4.55. The molecule has 0 bridgehead atoms. The maximum absolute atomic E-state index is 12.1. The summed E-state index contributed by atoms with van der Waals surface area (Å²) >= 11 is 1.91. The Bertz CT molecular complexity index is 314. The number of nitrogens with one attached hydrogen (secondary N) is 2. The zero-order chi connectivity index (χ0) is 14.4. The first kappa shape index (κ1) is 16.0. The topological polar surface area (TPSA) is 61.4 Å². The molecule has 4 atom stereocenters. The molecule has 3 N–H and O–H groups in total. The molecule has 0 aliphatic heterocycles. The lowest BCUT2D eigenvalue weighted by Crippen LogP contribution is -2.51. The smallest absolute Gasteiger partial charge is 0.315 e. The Labute approximate surface area is 126 Å². The van der Waals surface area contributed by atoms with Crippen LogP contribution in [0.5, 0.6) is 0 Å². The van der Waals surface area contributed by atoms with Gasteiger partial charge in [0, 0.05) is 29.9 Å². The van der Waals surface area contributed by atoms with E-state index in [0.29, 0.717) is 11.3 Å². The highest BCUT2D eigenvalue weighted by atomic mass is 32.2. The minimum absolute atomic E-state index is 0.0397. The van der Waals surface area contributed by atoms with Gasteiger partial charge in [0.05, 0.1) is 0 Å². The van der Waals surface area contributed by atoms with E-state index in [9.17, 15) is 9.90 Å². The fourth-order valence-electron chi connectivity index (χ4n) is 3.50. The standard InChI is InChI=1S/C15H28N2O2S/c1-20-13-7-4-6-12(9-13)16-15(19)17-14-8-3-2-5-11(14)10-18/h11-14,18H,2-10H2,1H3,(H2,16,17,19). The first-order valence-electron chi connectivity index (χ1n) is 7.93. The van der Waals surface area contributed by atoms with Crippen molar-refractivity contribution in [1.29, 1.82) is 0 Å². The van der Waals surface area contributed by atoms with Crippen molar-refractivity contribution in [3.8, 4) is 0 Å². The van der Waals surface area contributed by atoms with Gasteiger partial charge in [0.25, 0.3) is 0 Å². The summed E-state index contributed by atoms with van der Waals surface area (Å²) in [6.07, 6.45) is 11.2. The monoisotopic (exact) mass is 300 g/mol. The number of hydrogen-bond acceptors (Lipinski definition) is 3. The van der Waals surface area contributed by atoms with Crippen LogP contribution in [-0.2, 0) is 0 Å². The minimum atomic E-state index is -0.0397. The summed E-state index contributed by atoms with van der Waals surface area (Å²) in [5, 5.41) is 16.3. The lowest BCUT2D eigenvalue weighted by Gasteiger charge is -2.33. The van der Waals surface area contributed by atoms with Crippen molar-refractivity contribution in [2.24, 2.45) is 5.92 Å². The second-order valence-corrected chi connectivity index (χ2v) is 7.31. The number of carbonyl (C=O) groups excluding carboxylic acids is 1. The fraction of sp³-hybridized carbons (Fsp3) is 0.933. The Morgan fingerprint density at radius 1 is 1.15 bits per heavy atom. The molecule has 20 heavy (non-hydrogen) atoms. The van der Waals surface area contributed by atoms with Crippen LogP contribution in [0.15, 0.2) is 0 Å². The van der Waals surface area contributed by atoms with Gasteiger partial charge in [0.15, 0.2) is 0 Å². The predicted octanol–water partition coefficient (Wildman–Crippen LogP) is 2.51. The molecule has 2 rings (SSSR count). The molecular weight excluding hydrogens is 272 g/mol. The van der Waals surface area contributed by atoms with Crippen molar-refractivity contribution < 1.29 is 9.90 Å². The average molecular weight is 300 g/mol. The minimum Gasteiger partial charge on any atom is -0.396 e. The van der Waals surface area contributed by atoms with Crippen molar-refractivity contribution in [2.45, 2.75) is 68.7 Å². The van der Waals surface area contributed by atoms with Crippen LogP contribution in [0.1, 0.15) is 51.4 Å². The largest absolute Gasteiger partial charge is 0.396 e. The van der Waals surface area contributed by atoms with Gasteiger partial charge in [-0.3, -0.25) is 0 Å². The fourth-order valence-corrected chi connectivity index (χ4v) is 4.33. The van der Waals surface area contributed by atoms with Crippen molar-refractivity contribution >= 4 is 17.8 Å². The van der Waals surface area contributed by atoms with Crippen LogP contribution >= 0.6 is 11.8 Å². The van der Waals surface area contributed by atoms with Gasteiger partial charge >= 0.3 is 6.03 Å². The molecule has 116 valence electrons. The number of thioether (sulfide) groups is 1. The number of urea groups is 1. The van der Waals surface area contributed by atoms with Gasteiger partial charge in [-0.1, -0.05) is 19.3 Å². The van der Waals surface area contributed by atoms with Crippen molar-refractivity contribution in [2.75, 3.05) is 12.9 Å². The summed E-state index contributed by atoms with van der Waals surface area (Å²) < 4.78 is 0. The number of aliphatic hydroxyl groups is 1. The van der Waals surface area contributed by atoms with Crippen LogP contribution in [0, 0.1) is 5.92 Å². The van der Waals surface area contributed by atoms with E-state index in [1.807, 2.05) is 11.8 Å². The van der Waals surface area contributed by atoms with Gasteiger partial charge in [0.1, 0.15) is 0 Å². The number of carbonyl (C=O) groups is 1. The Hall–Kier alpha value is -0.420. The van der Waals surface area contributed by atoms with E-state index in [1.165, 1.54) is 19.3 Å². The number of hydrogen-bond donors (Lipinski definition) is 3. The molecule has 0 spiro atoms. The molecule has 0 saturated heterocycles. The maximum Gasteiger partial charge on any atom is 0.315 e.